The molecule has 0 aliphatic heterocycles. The average molecular weight is 301 g/mol. The van der Waals surface area contributed by atoms with Crippen molar-refractivity contribution in [3.05, 3.63) is 28.5 Å². The maximum atomic E-state index is 11.6. The molecule has 6 heteroatoms. The zero-order valence-corrected chi connectivity index (χ0v) is 10.9. The van der Waals surface area contributed by atoms with E-state index >= 15 is 0 Å². The predicted molar refractivity (Wildman–Crippen MR) is 65.7 cm³/mol. The zero-order chi connectivity index (χ0) is 12.8. The molecule has 1 rings (SSSR count). The smallest absolute Gasteiger partial charge is 0.306 e. The predicted octanol–water partition coefficient (Wildman–Crippen LogP) is 1.68. The van der Waals surface area contributed by atoms with E-state index in [0.29, 0.717) is 23.1 Å². The lowest BCUT2D eigenvalue weighted by atomic mass is 10.1. The lowest BCUT2D eigenvalue weighted by Crippen LogP contribution is -2.27. The van der Waals surface area contributed by atoms with E-state index in [1.807, 2.05) is 0 Å². The first kappa shape index (κ1) is 13.6. The van der Waals surface area contributed by atoms with E-state index in [1.165, 1.54) is 6.20 Å². The number of amides is 1. The van der Waals surface area contributed by atoms with Crippen LogP contribution in [-0.4, -0.2) is 28.5 Å². The van der Waals surface area contributed by atoms with Gasteiger partial charge in [-0.3, -0.25) is 9.59 Å². The van der Waals surface area contributed by atoms with Crippen LogP contribution in [0.2, 0.25) is 0 Å². The lowest BCUT2D eigenvalue weighted by molar-refractivity contribution is -0.141. The third kappa shape index (κ3) is 4.52. The van der Waals surface area contributed by atoms with Gasteiger partial charge < -0.3 is 10.4 Å². The molecule has 92 valence electrons. The highest BCUT2D eigenvalue weighted by molar-refractivity contribution is 9.10. The Morgan fingerprint density at radius 2 is 2.24 bits per heavy atom. The number of aliphatic carboxylic acids is 1. The van der Waals surface area contributed by atoms with Crippen molar-refractivity contribution in [3.63, 3.8) is 0 Å². The molecule has 0 bridgehead atoms. The van der Waals surface area contributed by atoms with E-state index in [9.17, 15) is 9.59 Å². The largest absolute Gasteiger partial charge is 0.481 e. The van der Waals surface area contributed by atoms with Crippen LogP contribution in [-0.2, 0) is 4.79 Å². The van der Waals surface area contributed by atoms with Crippen LogP contribution in [0.5, 0.6) is 0 Å². The monoisotopic (exact) mass is 300 g/mol. The minimum absolute atomic E-state index is 0.248. The number of hydrogen-bond donors (Lipinski definition) is 2. The number of hydrogen-bond acceptors (Lipinski definition) is 3. The normalized spacial score (nSPS) is 11.9. The summed E-state index contributed by atoms with van der Waals surface area (Å²) in [6.07, 6.45) is 1.87. The van der Waals surface area contributed by atoms with Crippen LogP contribution >= 0.6 is 15.9 Å². The summed E-state index contributed by atoms with van der Waals surface area (Å²) < 4.78 is 0.661. The van der Waals surface area contributed by atoms with E-state index in [0.717, 1.165) is 0 Å². The van der Waals surface area contributed by atoms with Gasteiger partial charge in [-0.15, -0.1) is 0 Å². The molecule has 0 aliphatic rings. The van der Waals surface area contributed by atoms with E-state index in [2.05, 4.69) is 26.2 Å². The quantitative estimate of drug-likeness (QED) is 0.811. The molecule has 1 aromatic rings. The molecule has 0 aliphatic carbocycles. The summed E-state index contributed by atoms with van der Waals surface area (Å²) in [5.41, 5.74) is 0.455. The van der Waals surface area contributed by atoms with Crippen molar-refractivity contribution >= 4 is 27.8 Å². The van der Waals surface area contributed by atoms with Crippen molar-refractivity contribution in [2.45, 2.75) is 13.3 Å². The molecule has 1 aromatic heterocycles. The van der Waals surface area contributed by atoms with Gasteiger partial charge in [0.25, 0.3) is 5.91 Å². The van der Waals surface area contributed by atoms with Gasteiger partial charge in [0.2, 0.25) is 0 Å². The molecular weight excluding hydrogens is 288 g/mol. The number of carbonyl (C=O) groups is 2. The number of carboxylic acid groups (broad SMARTS) is 1. The lowest BCUT2D eigenvalue weighted by Gasteiger charge is -2.07. The third-order valence-electron chi connectivity index (χ3n) is 2.27. The average Bonchev–Trinajstić information content (AvgIpc) is 2.29. The molecule has 0 saturated carbocycles. The van der Waals surface area contributed by atoms with Crippen molar-refractivity contribution in [1.82, 2.24) is 10.3 Å². The number of carboxylic acids is 1. The fourth-order valence-electron chi connectivity index (χ4n) is 1.14. The first-order chi connectivity index (χ1) is 8.00. The Bertz CT molecular complexity index is 406. The van der Waals surface area contributed by atoms with Crippen molar-refractivity contribution in [2.24, 2.45) is 5.92 Å². The number of carbonyl (C=O) groups excluding carboxylic acids is 1. The van der Waals surface area contributed by atoms with Crippen molar-refractivity contribution < 1.29 is 14.7 Å². The van der Waals surface area contributed by atoms with Gasteiger partial charge in [-0.25, -0.2) is 4.98 Å². The SMILES string of the molecule is CC(CCNC(=O)c1ccc(Br)nc1)C(=O)O. The summed E-state index contributed by atoms with van der Waals surface area (Å²) in [6, 6.07) is 3.32. The maximum absolute atomic E-state index is 11.6. The summed E-state index contributed by atoms with van der Waals surface area (Å²) in [5.74, 6) is -1.56. The molecule has 1 atom stereocenters. The van der Waals surface area contributed by atoms with Gasteiger partial charge in [0.1, 0.15) is 4.60 Å². The molecule has 2 N–H and O–H groups in total. The molecule has 5 nitrogen and oxygen atoms in total. The van der Waals surface area contributed by atoms with Crippen LogP contribution in [0.4, 0.5) is 0 Å². The van der Waals surface area contributed by atoms with E-state index in [4.69, 9.17) is 5.11 Å². The number of halogens is 1. The molecule has 1 amide bonds. The molecule has 0 radical (unpaired) electrons. The van der Waals surface area contributed by atoms with Crippen LogP contribution in [0, 0.1) is 5.92 Å². The third-order valence-corrected chi connectivity index (χ3v) is 2.74. The van der Waals surface area contributed by atoms with Gasteiger partial charge in [-0.1, -0.05) is 6.92 Å². The molecule has 0 fully saturated rings. The highest BCUT2D eigenvalue weighted by atomic mass is 79.9. The summed E-state index contributed by atoms with van der Waals surface area (Å²) in [5, 5.41) is 11.3. The van der Waals surface area contributed by atoms with Gasteiger partial charge in [-0.05, 0) is 34.5 Å². The summed E-state index contributed by atoms with van der Waals surface area (Å²) in [6.45, 7) is 1.94. The molecular formula is C11H13BrN2O3. The highest BCUT2D eigenvalue weighted by Crippen LogP contribution is 2.06. The van der Waals surface area contributed by atoms with Crippen LogP contribution in [0.15, 0.2) is 22.9 Å². The Labute approximate surface area is 107 Å². The standard InChI is InChI=1S/C11H13BrN2O3/c1-7(11(16)17)4-5-13-10(15)8-2-3-9(12)14-6-8/h2-3,6-7H,4-5H2,1H3,(H,13,15)(H,16,17). The molecule has 1 heterocycles. The number of nitrogens with one attached hydrogen (secondary N) is 1. The van der Waals surface area contributed by atoms with Gasteiger partial charge in [0.15, 0.2) is 0 Å². The number of pyridine rings is 1. The Balaban J connectivity index is 2.40. The van der Waals surface area contributed by atoms with Crippen molar-refractivity contribution in [3.8, 4) is 0 Å². The van der Waals surface area contributed by atoms with Crippen LogP contribution in [0.25, 0.3) is 0 Å². The fourth-order valence-corrected chi connectivity index (χ4v) is 1.37. The molecule has 0 saturated heterocycles. The Morgan fingerprint density at radius 1 is 1.53 bits per heavy atom. The second-order valence-corrected chi connectivity index (χ2v) is 4.47. The minimum Gasteiger partial charge on any atom is -0.481 e. The Morgan fingerprint density at radius 3 is 2.76 bits per heavy atom. The van der Waals surface area contributed by atoms with E-state index < -0.39 is 11.9 Å². The Kier molecular flexibility index (Phi) is 5.09. The summed E-state index contributed by atoms with van der Waals surface area (Å²) in [7, 11) is 0. The van der Waals surface area contributed by atoms with Crippen LogP contribution in [0.3, 0.4) is 0 Å². The fraction of sp³-hybridized carbons (Fsp3) is 0.364. The number of aromatic nitrogens is 1. The molecule has 0 aromatic carbocycles. The maximum Gasteiger partial charge on any atom is 0.306 e. The second-order valence-electron chi connectivity index (χ2n) is 3.65. The summed E-state index contributed by atoms with van der Waals surface area (Å²) in [4.78, 5) is 26.1. The van der Waals surface area contributed by atoms with Crippen molar-refractivity contribution in [1.29, 1.82) is 0 Å². The highest BCUT2D eigenvalue weighted by Gasteiger charge is 2.11. The molecule has 1 unspecified atom stereocenters. The topological polar surface area (TPSA) is 79.3 Å². The second kappa shape index (κ2) is 6.34. The molecule has 17 heavy (non-hydrogen) atoms. The van der Waals surface area contributed by atoms with Gasteiger partial charge in [-0.2, -0.15) is 0 Å². The first-order valence-corrected chi connectivity index (χ1v) is 5.92. The van der Waals surface area contributed by atoms with Gasteiger partial charge in [0, 0.05) is 12.7 Å². The van der Waals surface area contributed by atoms with Crippen LogP contribution < -0.4 is 5.32 Å². The van der Waals surface area contributed by atoms with Crippen LogP contribution in [0.1, 0.15) is 23.7 Å². The Hall–Kier alpha value is -1.43. The first-order valence-electron chi connectivity index (χ1n) is 5.13. The summed E-state index contributed by atoms with van der Waals surface area (Å²) >= 11 is 3.17. The van der Waals surface area contributed by atoms with Gasteiger partial charge in [0.05, 0.1) is 11.5 Å². The van der Waals surface area contributed by atoms with E-state index in [-0.39, 0.29) is 5.91 Å². The minimum atomic E-state index is -0.857. The van der Waals surface area contributed by atoms with Gasteiger partial charge >= 0.3 is 5.97 Å². The van der Waals surface area contributed by atoms with E-state index in [1.54, 1.807) is 19.1 Å². The van der Waals surface area contributed by atoms with Crippen molar-refractivity contribution in [2.75, 3.05) is 6.54 Å². The number of nitrogens with zero attached hydrogens (tertiary/aromatic N) is 1. The molecule has 0 spiro atoms. The zero-order valence-electron chi connectivity index (χ0n) is 9.31. The number of rotatable bonds is 5.